The monoisotopic (exact) mass is 369 g/mol. The highest BCUT2D eigenvalue weighted by molar-refractivity contribution is 7.10. The Morgan fingerprint density at radius 3 is 3.00 bits per heavy atom. The molecule has 1 aromatic carbocycles. The largest absolute Gasteiger partial charge is 0.368 e. The quantitative estimate of drug-likeness (QED) is 0.740. The smallest absolute Gasteiger partial charge is 0.162 e. The molecule has 7 heteroatoms. The van der Waals surface area contributed by atoms with E-state index >= 15 is 0 Å². The minimum absolute atomic E-state index is 0.136. The predicted octanol–water partition coefficient (Wildman–Crippen LogP) is 4.40. The molecule has 1 unspecified atom stereocenters. The Labute approximate surface area is 155 Å². The molecule has 4 rings (SSSR count). The van der Waals surface area contributed by atoms with Crippen LogP contribution in [-0.4, -0.2) is 14.2 Å². The highest BCUT2D eigenvalue weighted by atomic mass is 35.5. The molecule has 2 aromatic heterocycles. The van der Waals surface area contributed by atoms with Crippen LogP contribution < -0.4 is 5.32 Å². The average molecular weight is 370 g/mol. The number of aromatic nitrogens is 3. The van der Waals surface area contributed by atoms with Crippen LogP contribution in [0.2, 0.25) is 5.15 Å². The number of hydrogen-bond acceptors (Lipinski definition) is 5. The number of nitrogens with one attached hydrogen (secondary N) is 1. The summed E-state index contributed by atoms with van der Waals surface area (Å²) in [6, 6.07) is 12.6. The normalized spacial score (nSPS) is 16.2. The van der Waals surface area contributed by atoms with Gasteiger partial charge in [0, 0.05) is 11.3 Å². The predicted molar refractivity (Wildman–Crippen MR) is 98.9 cm³/mol. The average Bonchev–Trinajstić information content (AvgIpc) is 3.20. The van der Waals surface area contributed by atoms with Crippen molar-refractivity contribution in [3.63, 3.8) is 0 Å². The van der Waals surface area contributed by atoms with Crippen molar-refractivity contribution < 1.29 is 0 Å². The minimum atomic E-state index is 0.136. The zero-order valence-electron chi connectivity index (χ0n) is 13.4. The molecule has 3 aromatic rings. The third kappa shape index (κ3) is 3.13. The zero-order valence-corrected chi connectivity index (χ0v) is 15.0. The molecule has 0 radical (unpaired) electrons. The molecule has 126 valence electrons. The molecular formula is C18H16ClN5S. The lowest BCUT2D eigenvalue weighted by Crippen LogP contribution is -2.18. The van der Waals surface area contributed by atoms with Gasteiger partial charge in [-0.25, -0.2) is 0 Å². The molecule has 0 aliphatic heterocycles. The lowest BCUT2D eigenvalue weighted by molar-refractivity contribution is 0.557. The second-order valence-corrected chi connectivity index (χ2v) is 7.20. The molecule has 1 aliphatic rings. The second-order valence-electron chi connectivity index (χ2n) is 6.07. The Balaban J connectivity index is 1.60. The first-order valence-corrected chi connectivity index (χ1v) is 9.31. The fourth-order valence-electron chi connectivity index (χ4n) is 3.29. The van der Waals surface area contributed by atoms with E-state index in [1.54, 1.807) is 0 Å². The van der Waals surface area contributed by atoms with Gasteiger partial charge < -0.3 is 5.32 Å². The summed E-state index contributed by atoms with van der Waals surface area (Å²) in [6.45, 7) is 0.777. The van der Waals surface area contributed by atoms with Gasteiger partial charge in [0.05, 0.1) is 18.8 Å². The number of nitriles is 1. The van der Waals surface area contributed by atoms with Crippen molar-refractivity contribution in [3.05, 3.63) is 64.1 Å². The fourth-order valence-corrected chi connectivity index (χ4v) is 4.27. The number of hydrogen-bond donors (Lipinski definition) is 1. The molecule has 5 nitrogen and oxygen atoms in total. The van der Waals surface area contributed by atoms with Gasteiger partial charge in [0.1, 0.15) is 16.6 Å². The molecule has 0 amide bonds. The van der Waals surface area contributed by atoms with Gasteiger partial charge in [-0.3, -0.25) is 4.68 Å². The summed E-state index contributed by atoms with van der Waals surface area (Å²) in [7, 11) is 0. The number of anilines is 1. The topological polar surface area (TPSA) is 66.5 Å². The van der Waals surface area contributed by atoms with Crippen molar-refractivity contribution in [1.82, 2.24) is 14.2 Å². The maximum atomic E-state index is 9.26. The van der Waals surface area contributed by atoms with Crippen LogP contribution in [0.4, 0.5) is 5.00 Å². The molecule has 0 spiro atoms. The van der Waals surface area contributed by atoms with Crippen molar-refractivity contribution in [2.45, 2.75) is 31.8 Å². The van der Waals surface area contributed by atoms with Crippen molar-refractivity contribution in [1.29, 1.82) is 5.26 Å². The first-order valence-electron chi connectivity index (χ1n) is 8.16. The summed E-state index contributed by atoms with van der Waals surface area (Å²) in [5.74, 6) is 0. The Bertz CT molecular complexity index is 925. The van der Waals surface area contributed by atoms with E-state index < -0.39 is 0 Å². The number of fused-ring (bicyclic) bond motifs is 1. The Hall–Kier alpha value is -2.36. The van der Waals surface area contributed by atoms with E-state index in [0.717, 1.165) is 30.8 Å². The third-order valence-corrected chi connectivity index (χ3v) is 5.66. The summed E-state index contributed by atoms with van der Waals surface area (Å²) in [4.78, 5) is 0. The SMILES string of the molecule is N#Cc1c(Cl)nsc1NC1CCCc2c1cnn2Cc1ccccc1. The van der Waals surface area contributed by atoms with E-state index in [9.17, 15) is 5.26 Å². The van der Waals surface area contributed by atoms with Crippen LogP contribution in [0.5, 0.6) is 0 Å². The van der Waals surface area contributed by atoms with Gasteiger partial charge in [-0.05, 0) is 36.4 Å². The molecule has 0 fully saturated rings. The molecule has 0 saturated carbocycles. The van der Waals surface area contributed by atoms with Crippen molar-refractivity contribution in [2.24, 2.45) is 0 Å². The molecular weight excluding hydrogens is 354 g/mol. The Morgan fingerprint density at radius 1 is 1.36 bits per heavy atom. The van der Waals surface area contributed by atoms with Gasteiger partial charge in [-0.15, -0.1) is 0 Å². The van der Waals surface area contributed by atoms with E-state index in [-0.39, 0.29) is 11.2 Å². The molecule has 1 aliphatic carbocycles. The van der Waals surface area contributed by atoms with Crippen LogP contribution in [0.25, 0.3) is 0 Å². The molecule has 2 heterocycles. The first kappa shape index (κ1) is 16.1. The second kappa shape index (κ2) is 6.87. The van der Waals surface area contributed by atoms with E-state index in [1.807, 2.05) is 24.4 Å². The van der Waals surface area contributed by atoms with Gasteiger partial charge in [0.2, 0.25) is 0 Å². The van der Waals surface area contributed by atoms with E-state index in [0.29, 0.717) is 5.56 Å². The Kier molecular flexibility index (Phi) is 4.43. The van der Waals surface area contributed by atoms with E-state index in [1.165, 1.54) is 28.4 Å². The summed E-state index contributed by atoms with van der Waals surface area (Å²) in [6.07, 6.45) is 5.06. The van der Waals surface area contributed by atoms with E-state index in [2.05, 4.69) is 37.7 Å². The number of nitrogens with zero attached hydrogens (tertiary/aromatic N) is 4. The van der Waals surface area contributed by atoms with Gasteiger partial charge in [0.25, 0.3) is 0 Å². The van der Waals surface area contributed by atoms with Crippen molar-refractivity contribution in [3.8, 4) is 6.07 Å². The molecule has 1 N–H and O–H groups in total. The minimum Gasteiger partial charge on any atom is -0.368 e. The lowest BCUT2D eigenvalue weighted by Gasteiger charge is -2.24. The summed E-state index contributed by atoms with van der Waals surface area (Å²) >= 11 is 7.21. The maximum Gasteiger partial charge on any atom is 0.162 e. The van der Waals surface area contributed by atoms with E-state index in [4.69, 9.17) is 11.6 Å². The van der Waals surface area contributed by atoms with Gasteiger partial charge in [-0.1, -0.05) is 41.9 Å². The van der Waals surface area contributed by atoms with Crippen LogP contribution in [0, 0.1) is 11.3 Å². The van der Waals surface area contributed by atoms with Gasteiger partial charge >= 0.3 is 0 Å². The number of halogens is 1. The Morgan fingerprint density at radius 2 is 2.20 bits per heavy atom. The highest BCUT2D eigenvalue weighted by Gasteiger charge is 2.26. The molecule has 0 saturated heterocycles. The van der Waals surface area contributed by atoms with Gasteiger partial charge in [0.15, 0.2) is 5.15 Å². The molecule has 25 heavy (non-hydrogen) atoms. The summed E-state index contributed by atoms with van der Waals surface area (Å²) in [5, 5.41) is 18.3. The van der Waals surface area contributed by atoms with Crippen LogP contribution in [-0.2, 0) is 13.0 Å². The number of rotatable bonds is 4. The highest BCUT2D eigenvalue weighted by Crippen LogP contribution is 2.36. The third-order valence-electron chi connectivity index (χ3n) is 4.51. The standard InChI is InChI=1S/C18H16ClN5S/c19-17-13(9-20)18(25-23-17)22-15-7-4-8-16-14(15)10-21-24(16)11-12-5-2-1-3-6-12/h1-3,5-6,10,15,22H,4,7-8,11H2. The summed E-state index contributed by atoms with van der Waals surface area (Å²) in [5.41, 5.74) is 4.14. The van der Waals surface area contributed by atoms with Gasteiger partial charge in [-0.2, -0.15) is 14.7 Å². The summed E-state index contributed by atoms with van der Waals surface area (Å²) < 4.78 is 6.16. The van der Waals surface area contributed by atoms with Crippen LogP contribution in [0.1, 0.15) is 41.3 Å². The molecule has 0 bridgehead atoms. The van der Waals surface area contributed by atoms with Crippen LogP contribution in [0.3, 0.4) is 0 Å². The number of benzene rings is 1. The zero-order chi connectivity index (χ0) is 17.2. The van der Waals surface area contributed by atoms with Crippen LogP contribution in [0.15, 0.2) is 36.5 Å². The van der Waals surface area contributed by atoms with Crippen molar-refractivity contribution in [2.75, 3.05) is 5.32 Å². The lowest BCUT2D eigenvalue weighted by atomic mass is 9.93. The fraction of sp³-hybridized carbons (Fsp3) is 0.278. The molecule has 1 atom stereocenters. The maximum absolute atomic E-state index is 9.26. The first-order chi connectivity index (χ1) is 12.3. The van der Waals surface area contributed by atoms with Crippen LogP contribution >= 0.6 is 23.1 Å². The van der Waals surface area contributed by atoms with Crippen molar-refractivity contribution >= 4 is 28.1 Å².